The lowest BCUT2D eigenvalue weighted by Gasteiger charge is -2.19. The first-order valence-electron chi connectivity index (χ1n) is 13.3. The number of ether oxygens (including phenoxy) is 3. The second-order valence-electron chi connectivity index (χ2n) is 9.71. The Hall–Kier alpha value is -4.58. The van der Waals surface area contributed by atoms with Gasteiger partial charge >= 0.3 is 0 Å². The van der Waals surface area contributed by atoms with Crippen molar-refractivity contribution in [1.29, 1.82) is 0 Å². The van der Waals surface area contributed by atoms with Crippen molar-refractivity contribution in [2.24, 2.45) is 5.73 Å². The average Bonchev–Trinajstić information content (AvgIpc) is 3.52. The third-order valence-corrected chi connectivity index (χ3v) is 6.83. The van der Waals surface area contributed by atoms with Gasteiger partial charge < -0.3 is 29.4 Å². The molecule has 0 radical (unpaired) electrons. The van der Waals surface area contributed by atoms with Crippen LogP contribution in [0.2, 0.25) is 0 Å². The predicted molar refractivity (Wildman–Crippen MR) is 156 cm³/mol. The molecular formula is C29H37N7O5. The fourth-order valence-electron chi connectivity index (χ4n) is 4.83. The number of fused-ring (bicyclic) bond motifs is 1. The summed E-state index contributed by atoms with van der Waals surface area (Å²) in [4.78, 5) is 32.1. The molecule has 2 heterocycles. The quantitative estimate of drug-likeness (QED) is 0.252. The highest BCUT2D eigenvalue weighted by molar-refractivity contribution is 6.04. The Morgan fingerprint density at radius 3 is 2.46 bits per heavy atom. The van der Waals surface area contributed by atoms with E-state index in [1.807, 2.05) is 43.7 Å². The van der Waals surface area contributed by atoms with Gasteiger partial charge in [0.1, 0.15) is 28.5 Å². The van der Waals surface area contributed by atoms with Crippen molar-refractivity contribution >= 4 is 28.8 Å². The summed E-state index contributed by atoms with van der Waals surface area (Å²) in [5.74, 6) is 1.35. The molecule has 0 spiro atoms. The first-order chi connectivity index (χ1) is 19.7. The minimum absolute atomic E-state index is 0.268. The van der Waals surface area contributed by atoms with Crippen molar-refractivity contribution in [3.63, 3.8) is 0 Å². The highest BCUT2D eigenvalue weighted by Crippen LogP contribution is 2.31. The molecule has 3 N–H and O–H groups in total. The molecule has 4 rings (SSSR count). The van der Waals surface area contributed by atoms with Gasteiger partial charge in [-0.2, -0.15) is 5.10 Å². The van der Waals surface area contributed by atoms with Crippen molar-refractivity contribution in [2.75, 3.05) is 40.2 Å². The Balaban J connectivity index is 1.60. The van der Waals surface area contributed by atoms with Crippen LogP contribution in [0.25, 0.3) is 11.0 Å². The van der Waals surface area contributed by atoms with Crippen LogP contribution in [0.4, 0.5) is 5.95 Å². The number of benzene rings is 2. The van der Waals surface area contributed by atoms with E-state index in [2.05, 4.69) is 20.3 Å². The third kappa shape index (κ3) is 6.43. The van der Waals surface area contributed by atoms with Gasteiger partial charge in [0, 0.05) is 36.8 Å². The zero-order valence-corrected chi connectivity index (χ0v) is 24.4. The number of primary amides is 1. The second-order valence-corrected chi connectivity index (χ2v) is 9.71. The van der Waals surface area contributed by atoms with Gasteiger partial charge in [-0.3, -0.25) is 19.6 Å². The number of hydrogen-bond donors (Lipinski definition) is 2. The third-order valence-electron chi connectivity index (χ3n) is 6.83. The average molecular weight is 564 g/mol. The van der Waals surface area contributed by atoms with Crippen LogP contribution in [0, 0.1) is 6.92 Å². The van der Waals surface area contributed by atoms with Gasteiger partial charge in [-0.15, -0.1) is 0 Å². The summed E-state index contributed by atoms with van der Waals surface area (Å²) in [5.41, 5.74) is 9.19. The fourth-order valence-corrected chi connectivity index (χ4v) is 4.83. The molecule has 12 heteroatoms. The summed E-state index contributed by atoms with van der Waals surface area (Å²) in [6, 6.07) is 10.7. The normalized spacial score (nSPS) is 11.2. The number of amides is 2. The molecular weight excluding hydrogens is 526 g/mol. The SMILES string of the molecule is CCn1nc(C)cc1C(=O)Nc1nc2cc(C(N)=O)cc(OC)c2n1CCCN(C)Cc1ccc(OC)cc1OC. The van der Waals surface area contributed by atoms with Gasteiger partial charge in [-0.1, -0.05) is 6.07 Å². The van der Waals surface area contributed by atoms with Crippen LogP contribution in [-0.4, -0.2) is 71.0 Å². The van der Waals surface area contributed by atoms with Crippen molar-refractivity contribution in [3.05, 3.63) is 58.9 Å². The Kier molecular flexibility index (Phi) is 9.13. The van der Waals surface area contributed by atoms with Crippen LogP contribution >= 0.6 is 0 Å². The molecule has 4 aromatic rings. The number of aromatic nitrogens is 4. The molecule has 218 valence electrons. The van der Waals surface area contributed by atoms with E-state index in [0.717, 1.165) is 35.7 Å². The molecule has 0 aliphatic heterocycles. The van der Waals surface area contributed by atoms with Crippen molar-refractivity contribution in [2.45, 2.75) is 39.9 Å². The maximum Gasteiger partial charge on any atom is 0.276 e. The molecule has 0 atom stereocenters. The highest BCUT2D eigenvalue weighted by Gasteiger charge is 2.21. The number of carbonyl (C=O) groups is 2. The number of carbonyl (C=O) groups excluding carboxylic acids is 2. The standard InChI is InChI=1S/C29H37N7O5/c1-7-36-23(13-18(2)33-36)28(38)32-29-31-22-14-20(27(30)37)15-25(41-6)26(22)35(29)12-8-11-34(3)17-19-9-10-21(39-4)16-24(19)40-5/h9-10,13-16H,7-8,11-12,17H2,1-6H3,(H2,30,37)(H,31,32,38). The van der Waals surface area contributed by atoms with E-state index in [4.69, 9.17) is 19.9 Å². The summed E-state index contributed by atoms with van der Waals surface area (Å²) in [6.45, 7) is 6.25. The van der Waals surface area contributed by atoms with Crippen molar-refractivity contribution in [1.82, 2.24) is 24.2 Å². The summed E-state index contributed by atoms with van der Waals surface area (Å²) < 4.78 is 20.0. The highest BCUT2D eigenvalue weighted by atomic mass is 16.5. The lowest BCUT2D eigenvalue weighted by atomic mass is 10.1. The van der Waals surface area contributed by atoms with Gasteiger partial charge in [0.05, 0.1) is 32.5 Å². The van der Waals surface area contributed by atoms with E-state index in [0.29, 0.717) is 48.1 Å². The fraction of sp³-hybridized carbons (Fsp3) is 0.379. The van der Waals surface area contributed by atoms with Crippen LogP contribution in [-0.2, 0) is 19.6 Å². The number of rotatable bonds is 13. The van der Waals surface area contributed by atoms with E-state index >= 15 is 0 Å². The lowest BCUT2D eigenvalue weighted by Crippen LogP contribution is -2.22. The molecule has 0 saturated heterocycles. The maximum atomic E-state index is 13.3. The van der Waals surface area contributed by atoms with Gasteiger partial charge in [0.15, 0.2) is 0 Å². The zero-order valence-electron chi connectivity index (χ0n) is 24.4. The molecule has 0 bridgehead atoms. The molecule has 2 aromatic carbocycles. The van der Waals surface area contributed by atoms with E-state index in [-0.39, 0.29) is 11.5 Å². The second kappa shape index (κ2) is 12.7. The Morgan fingerprint density at radius 1 is 1.05 bits per heavy atom. The minimum atomic E-state index is -0.594. The van der Waals surface area contributed by atoms with Crippen LogP contribution in [0.15, 0.2) is 36.4 Å². The monoisotopic (exact) mass is 563 g/mol. The number of nitrogens with one attached hydrogen (secondary N) is 1. The first-order valence-corrected chi connectivity index (χ1v) is 13.3. The minimum Gasteiger partial charge on any atom is -0.497 e. The van der Waals surface area contributed by atoms with Gasteiger partial charge in [-0.05, 0) is 58.1 Å². The van der Waals surface area contributed by atoms with Crippen LogP contribution in [0.3, 0.4) is 0 Å². The molecule has 2 aromatic heterocycles. The summed E-state index contributed by atoms with van der Waals surface area (Å²) in [5, 5.41) is 7.32. The molecule has 0 aliphatic rings. The van der Waals surface area contributed by atoms with Crippen molar-refractivity contribution in [3.8, 4) is 17.2 Å². The van der Waals surface area contributed by atoms with E-state index < -0.39 is 5.91 Å². The number of nitrogens with two attached hydrogens (primary N) is 1. The van der Waals surface area contributed by atoms with E-state index in [1.54, 1.807) is 37.1 Å². The number of hydrogen-bond acceptors (Lipinski definition) is 8. The molecule has 41 heavy (non-hydrogen) atoms. The van der Waals surface area contributed by atoms with Crippen LogP contribution in [0.1, 0.15) is 45.4 Å². The van der Waals surface area contributed by atoms with Crippen molar-refractivity contribution < 1.29 is 23.8 Å². The topological polar surface area (TPSA) is 139 Å². The molecule has 0 aliphatic carbocycles. The van der Waals surface area contributed by atoms with E-state index in [1.165, 1.54) is 7.11 Å². The Morgan fingerprint density at radius 2 is 1.80 bits per heavy atom. The summed E-state index contributed by atoms with van der Waals surface area (Å²) >= 11 is 0. The Labute approximate surface area is 239 Å². The molecule has 0 fully saturated rings. The van der Waals surface area contributed by atoms with Crippen LogP contribution in [0.5, 0.6) is 17.2 Å². The number of methoxy groups -OCH3 is 3. The maximum absolute atomic E-state index is 13.3. The molecule has 12 nitrogen and oxygen atoms in total. The van der Waals surface area contributed by atoms with Gasteiger partial charge in [0.25, 0.3) is 5.91 Å². The van der Waals surface area contributed by atoms with Gasteiger partial charge in [0.2, 0.25) is 11.9 Å². The summed E-state index contributed by atoms with van der Waals surface area (Å²) in [6.07, 6.45) is 0.732. The molecule has 2 amide bonds. The smallest absolute Gasteiger partial charge is 0.276 e. The number of anilines is 1. The Bertz CT molecular complexity index is 1560. The largest absolute Gasteiger partial charge is 0.497 e. The lowest BCUT2D eigenvalue weighted by molar-refractivity contribution is 0.0995. The summed E-state index contributed by atoms with van der Waals surface area (Å²) in [7, 11) is 6.82. The zero-order chi connectivity index (χ0) is 29.7. The first kappa shape index (κ1) is 29.4. The number of aryl methyl sites for hydroxylation is 3. The van der Waals surface area contributed by atoms with Gasteiger partial charge in [-0.25, -0.2) is 4.98 Å². The van der Waals surface area contributed by atoms with Crippen LogP contribution < -0.4 is 25.3 Å². The van der Waals surface area contributed by atoms with E-state index in [9.17, 15) is 9.59 Å². The number of nitrogens with zero attached hydrogens (tertiary/aromatic N) is 5. The number of imidazole rings is 1. The molecule has 0 unspecified atom stereocenters. The predicted octanol–water partition coefficient (Wildman–Crippen LogP) is 3.46. The molecule has 0 saturated carbocycles.